The number of benzene rings is 2. The third-order valence-corrected chi connectivity index (χ3v) is 5.33. The fourth-order valence-corrected chi connectivity index (χ4v) is 4.02. The Bertz CT molecular complexity index is 617. The van der Waals surface area contributed by atoms with E-state index in [1.807, 2.05) is 30.0 Å². The van der Waals surface area contributed by atoms with Gasteiger partial charge in [-0.25, -0.2) is 0 Å². The fraction of sp³-hybridized carbons (Fsp3) is 0.250. The first-order valence-corrected chi connectivity index (χ1v) is 8.45. The molecular weight excluding hydrogens is 334 g/mol. The molecule has 1 unspecified atom stereocenters. The van der Waals surface area contributed by atoms with Crippen LogP contribution in [0.3, 0.4) is 0 Å². The van der Waals surface area contributed by atoms with Gasteiger partial charge in [-0.05, 0) is 45.8 Å². The van der Waals surface area contributed by atoms with Gasteiger partial charge in [-0.2, -0.15) is 0 Å². The molecule has 2 nitrogen and oxygen atoms in total. The summed E-state index contributed by atoms with van der Waals surface area (Å²) in [6, 6.07) is 14.7. The molecule has 0 fully saturated rings. The lowest BCUT2D eigenvalue weighted by atomic mass is 10.0. The summed E-state index contributed by atoms with van der Waals surface area (Å²) in [6.45, 7) is 0.676. The Morgan fingerprint density at radius 2 is 2.05 bits per heavy atom. The number of rotatable bonds is 3. The van der Waals surface area contributed by atoms with Crippen molar-refractivity contribution in [3.8, 4) is 5.75 Å². The zero-order valence-electron chi connectivity index (χ0n) is 11.0. The van der Waals surface area contributed by atoms with Gasteiger partial charge in [-0.1, -0.05) is 30.3 Å². The van der Waals surface area contributed by atoms with Crippen molar-refractivity contribution >= 4 is 27.7 Å². The largest absolute Gasteiger partial charge is 0.506 e. The molecule has 4 heteroatoms. The average molecular weight is 350 g/mol. The Kier molecular flexibility index (Phi) is 4.34. The molecule has 1 aliphatic heterocycles. The number of fused-ring (bicyclic) bond motifs is 1. The van der Waals surface area contributed by atoms with Crippen LogP contribution in [-0.2, 0) is 6.54 Å². The molecule has 0 aromatic heterocycles. The van der Waals surface area contributed by atoms with E-state index in [-0.39, 0.29) is 0 Å². The van der Waals surface area contributed by atoms with E-state index >= 15 is 0 Å². The van der Waals surface area contributed by atoms with E-state index in [0.29, 0.717) is 18.3 Å². The monoisotopic (exact) mass is 349 g/mol. The molecular formula is C16H16BrNOS. The fourth-order valence-electron chi connectivity index (χ4n) is 2.49. The van der Waals surface area contributed by atoms with Crippen LogP contribution in [0.15, 0.2) is 51.8 Å². The summed E-state index contributed by atoms with van der Waals surface area (Å²) >= 11 is 5.28. The molecule has 20 heavy (non-hydrogen) atoms. The highest BCUT2D eigenvalue weighted by Gasteiger charge is 2.20. The molecule has 0 radical (unpaired) electrons. The Balaban J connectivity index is 1.75. The number of phenols is 1. The Morgan fingerprint density at radius 1 is 1.20 bits per heavy atom. The molecule has 0 saturated carbocycles. The van der Waals surface area contributed by atoms with Crippen LogP contribution in [0.5, 0.6) is 5.75 Å². The molecule has 2 aromatic carbocycles. The average Bonchev–Trinajstić information content (AvgIpc) is 2.49. The molecule has 2 N–H and O–H groups in total. The number of thioether (sulfide) groups is 1. The maximum atomic E-state index is 10.0. The third kappa shape index (κ3) is 2.87. The van der Waals surface area contributed by atoms with Crippen LogP contribution in [0, 0.1) is 0 Å². The lowest BCUT2D eigenvalue weighted by Crippen LogP contribution is -2.24. The number of hydrogen-bond acceptors (Lipinski definition) is 3. The normalized spacial score (nSPS) is 17.8. The summed E-state index contributed by atoms with van der Waals surface area (Å²) in [6.07, 6.45) is 1.12. The molecule has 0 saturated heterocycles. The maximum absolute atomic E-state index is 10.0. The van der Waals surface area contributed by atoms with Gasteiger partial charge in [0.15, 0.2) is 0 Å². The zero-order chi connectivity index (χ0) is 13.9. The molecule has 1 atom stereocenters. The van der Waals surface area contributed by atoms with Crippen molar-refractivity contribution in [1.82, 2.24) is 5.32 Å². The summed E-state index contributed by atoms with van der Waals surface area (Å²) in [5.74, 6) is 1.47. The Hall–Kier alpha value is -0.970. The van der Waals surface area contributed by atoms with Gasteiger partial charge in [-0.15, -0.1) is 11.8 Å². The van der Waals surface area contributed by atoms with Gasteiger partial charge in [0, 0.05) is 23.0 Å². The van der Waals surface area contributed by atoms with Crippen LogP contribution in [-0.4, -0.2) is 10.9 Å². The standard InChI is InChI=1S/C16H16BrNOS/c17-13-6-3-4-11(16(13)19)10-18-14-8-9-20-15-7-2-1-5-12(14)15/h1-7,14,18-19H,8-10H2. The van der Waals surface area contributed by atoms with Crippen molar-refractivity contribution in [3.05, 3.63) is 58.1 Å². The van der Waals surface area contributed by atoms with Crippen LogP contribution in [0.25, 0.3) is 0 Å². The van der Waals surface area contributed by atoms with Gasteiger partial charge in [0.2, 0.25) is 0 Å². The summed E-state index contributed by atoms with van der Waals surface area (Å²) < 4.78 is 0.747. The SMILES string of the molecule is Oc1c(Br)cccc1CNC1CCSc2ccccc21. The summed E-state index contributed by atoms with van der Waals surface area (Å²) in [4.78, 5) is 1.37. The van der Waals surface area contributed by atoms with Crippen LogP contribution in [0.1, 0.15) is 23.6 Å². The predicted octanol–water partition coefficient (Wildman–Crippen LogP) is 4.48. The highest BCUT2D eigenvalue weighted by atomic mass is 79.9. The lowest BCUT2D eigenvalue weighted by Gasteiger charge is -2.26. The van der Waals surface area contributed by atoms with Gasteiger partial charge >= 0.3 is 0 Å². The minimum absolute atomic E-state index is 0.332. The van der Waals surface area contributed by atoms with Crippen LogP contribution >= 0.6 is 27.7 Å². The third-order valence-electron chi connectivity index (χ3n) is 3.57. The molecule has 0 aliphatic carbocycles. The van der Waals surface area contributed by atoms with Crippen LogP contribution < -0.4 is 5.32 Å². The lowest BCUT2D eigenvalue weighted by molar-refractivity contribution is 0.451. The highest BCUT2D eigenvalue weighted by molar-refractivity contribution is 9.10. The first-order chi connectivity index (χ1) is 9.75. The minimum Gasteiger partial charge on any atom is -0.506 e. The number of hydrogen-bond donors (Lipinski definition) is 2. The Morgan fingerprint density at radius 3 is 2.95 bits per heavy atom. The number of phenolic OH excluding ortho intramolecular Hbond substituents is 1. The van der Waals surface area contributed by atoms with Crippen molar-refractivity contribution in [2.75, 3.05) is 5.75 Å². The van der Waals surface area contributed by atoms with E-state index in [4.69, 9.17) is 0 Å². The summed E-state index contributed by atoms with van der Waals surface area (Å²) in [7, 11) is 0. The minimum atomic E-state index is 0.332. The van der Waals surface area contributed by atoms with Crippen LogP contribution in [0.4, 0.5) is 0 Å². The molecule has 104 valence electrons. The van der Waals surface area contributed by atoms with E-state index < -0.39 is 0 Å². The predicted molar refractivity (Wildman–Crippen MR) is 87.2 cm³/mol. The van der Waals surface area contributed by atoms with Crippen molar-refractivity contribution < 1.29 is 5.11 Å². The van der Waals surface area contributed by atoms with E-state index in [2.05, 4.69) is 45.5 Å². The van der Waals surface area contributed by atoms with E-state index in [9.17, 15) is 5.11 Å². The first kappa shape index (κ1) is 14.0. The number of halogens is 1. The molecule has 1 aliphatic rings. The smallest absolute Gasteiger partial charge is 0.134 e. The van der Waals surface area contributed by atoms with Crippen molar-refractivity contribution in [2.45, 2.75) is 23.9 Å². The van der Waals surface area contributed by atoms with E-state index in [0.717, 1.165) is 22.2 Å². The zero-order valence-corrected chi connectivity index (χ0v) is 13.4. The topological polar surface area (TPSA) is 32.3 Å². The molecule has 1 heterocycles. The van der Waals surface area contributed by atoms with Gasteiger partial charge < -0.3 is 10.4 Å². The van der Waals surface area contributed by atoms with Gasteiger partial charge in [-0.3, -0.25) is 0 Å². The summed E-state index contributed by atoms with van der Waals surface area (Å²) in [5.41, 5.74) is 2.30. The second-order valence-electron chi connectivity index (χ2n) is 4.86. The Labute approximate surface area is 131 Å². The number of nitrogens with one attached hydrogen (secondary N) is 1. The molecule has 0 spiro atoms. The second kappa shape index (κ2) is 6.20. The summed E-state index contributed by atoms with van der Waals surface area (Å²) in [5, 5.41) is 13.6. The van der Waals surface area contributed by atoms with Crippen molar-refractivity contribution in [3.63, 3.8) is 0 Å². The quantitative estimate of drug-likeness (QED) is 0.856. The molecule has 0 amide bonds. The number of para-hydroxylation sites is 1. The first-order valence-electron chi connectivity index (χ1n) is 6.67. The molecule has 2 aromatic rings. The maximum Gasteiger partial charge on any atom is 0.134 e. The van der Waals surface area contributed by atoms with Gasteiger partial charge in [0.25, 0.3) is 0 Å². The van der Waals surface area contributed by atoms with Crippen LogP contribution in [0.2, 0.25) is 0 Å². The van der Waals surface area contributed by atoms with E-state index in [1.165, 1.54) is 10.5 Å². The number of aromatic hydroxyl groups is 1. The second-order valence-corrected chi connectivity index (χ2v) is 6.85. The molecule has 3 rings (SSSR count). The molecule has 0 bridgehead atoms. The van der Waals surface area contributed by atoms with Gasteiger partial charge in [0.05, 0.1) is 4.47 Å². The highest BCUT2D eigenvalue weighted by Crippen LogP contribution is 2.36. The van der Waals surface area contributed by atoms with Gasteiger partial charge in [0.1, 0.15) is 5.75 Å². The van der Waals surface area contributed by atoms with E-state index in [1.54, 1.807) is 0 Å². The van der Waals surface area contributed by atoms with Crippen molar-refractivity contribution in [1.29, 1.82) is 0 Å². The van der Waals surface area contributed by atoms with Crippen molar-refractivity contribution in [2.24, 2.45) is 0 Å².